The largest absolute Gasteiger partial charge is 0.503 e. The van der Waals surface area contributed by atoms with E-state index >= 15 is 0 Å². The van der Waals surface area contributed by atoms with Gasteiger partial charge in [-0.3, -0.25) is 14.5 Å². The fraction of sp³-hybridized carbons (Fsp3) is 0.100. The fourth-order valence-corrected chi connectivity index (χ4v) is 4.97. The van der Waals surface area contributed by atoms with Gasteiger partial charge in [0, 0.05) is 15.1 Å². The monoisotopic (exact) mass is 423 g/mol. The first-order valence-electron chi connectivity index (χ1n) is 8.67. The first-order chi connectivity index (χ1) is 14.0. The summed E-state index contributed by atoms with van der Waals surface area (Å²) in [5, 5.41) is 19.5. The van der Waals surface area contributed by atoms with Gasteiger partial charge >= 0.3 is 0 Å². The lowest BCUT2D eigenvalue weighted by Gasteiger charge is -2.22. The molecular weight excluding hydrogens is 410 g/mol. The van der Waals surface area contributed by atoms with Crippen LogP contribution in [0.4, 0.5) is 5.13 Å². The number of nitrogens with zero attached hydrogens (tertiary/aromatic N) is 3. The van der Waals surface area contributed by atoms with Crippen LogP contribution in [0.1, 0.15) is 26.4 Å². The molecule has 1 aliphatic heterocycles. The van der Waals surface area contributed by atoms with Gasteiger partial charge in [-0.2, -0.15) is 0 Å². The first kappa shape index (κ1) is 17.8. The molecule has 1 unspecified atom stereocenters. The zero-order valence-corrected chi connectivity index (χ0v) is 16.7. The Kier molecular flexibility index (Phi) is 4.07. The van der Waals surface area contributed by atoms with Crippen LogP contribution in [0.5, 0.6) is 0 Å². The molecule has 1 aliphatic rings. The maximum Gasteiger partial charge on any atom is 0.296 e. The molecule has 1 atom stereocenters. The third kappa shape index (κ3) is 2.78. The van der Waals surface area contributed by atoms with Crippen LogP contribution >= 0.6 is 22.7 Å². The van der Waals surface area contributed by atoms with Gasteiger partial charge in [-0.05, 0) is 31.2 Å². The molecule has 1 aromatic carbocycles. The van der Waals surface area contributed by atoms with Crippen molar-refractivity contribution in [3.05, 3.63) is 74.8 Å². The van der Waals surface area contributed by atoms with Crippen LogP contribution in [-0.4, -0.2) is 27.0 Å². The number of carbonyl (C=O) groups excluding carboxylic acids is 2. The summed E-state index contributed by atoms with van der Waals surface area (Å²) in [7, 11) is 0. The van der Waals surface area contributed by atoms with Crippen molar-refractivity contribution in [1.29, 1.82) is 0 Å². The molecule has 0 saturated carbocycles. The number of fused-ring (bicyclic) bond motifs is 1. The molecular formula is C20H13N3O4S2. The smallest absolute Gasteiger partial charge is 0.296 e. The van der Waals surface area contributed by atoms with Crippen molar-refractivity contribution < 1.29 is 19.1 Å². The Morgan fingerprint density at radius 2 is 2.07 bits per heavy atom. The minimum absolute atomic E-state index is 0.0221. The maximum absolute atomic E-state index is 13.4. The van der Waals surface area contributed by atoms with Gasteiger partial charge in [-0.15, -0.1) is 21.5 Å². The number of Topliss-reactive ketones (excluding diaryl/α,β-unsaturated/α-hetero) is 1. The Hall–Kier alpha value is -3.30. The van der Waals surface area contributed by atoms with E-state index in [-0.39, 0.29) is 11.3 Å². The molecule has 3 aromatic heterocycles. The Morgan fingerprint density at radius 1 is 1.24 bits per heavy atom. The number of anilines is 1. The van der Waals surface area contributed by atoms with Crippen molar-refractivity contribution in [3.8, 4) is 0 Å². The zero-order valence-electron chi connectivity index (χ0n) is 15.0. The van der Waals surface area contributed by atoms with E-state index in [0.29, 0.717) is 10.7 Å². The number of hydrogen-bond acceptors (Lipinski definition) is 8. The topological polar surface area (TPSA) is 96.5 Å². The number of aliphatic hydroxyl groups is 1. The lowest BCUT2D eigenvalue weighted by atomic mass is 10.0. The minimum atomic E-state index is -0.796. The normalized spacial score (nSPS) is 16.9. The predicted octanol–water partition coefficient (Wildman–Crippen LogP) is 4.44. The highest BCUT2D eigenvalue weighted by Crippen LogP contribution is 2.44. The highest BCUT2D eigenvalue weighted by atomic mass is 32.1. The number of rotatable bonds is 4. The van der Waals surface area contributed by atoms with Crippen molar-refractivity contribution in [2.24, 2.45) is 0 Å². The number of hydrogen-bond donors (Lipinski definition) is 1. The molecule has 0 fully saturated rings. The van der Waals surface area contributed by atoms with Crippen molar-refractivity contribution in [3.63, 3.8) is 0 Å². The number of aliphatic hydroxyl groups excluding tert-OH is 1. The molecule has 0 radical (unpaired) electrons. The van der Waals surface area contributed by atoms with Crippen molar-refractivity contribution >= 4 is 50.5 Å². The number of ketones is 1. The van der Waals surface area contributed by atoms with Crippen LogP contribution < -0.4 is 4.90 Å². The average molecular weight is 423 g/mol. The van der Waals surface area contributed by atoms with Gasteiger partial charge in [-0.1, -0.05) is 29.5 Å². The van der Waals surface area contributed by atoms with Crippen LogP contribution in [0.2, 0.25) is 0 Å². The number of benzene rings is 1. The van der Waals surface area contributed by atoms with Crippen LogP contribution in [-0.2, 0) is 4.79 Å². The lowest BCUT2D eigenvalue weighted by molar-refractivity contribution is -0.117. The predicted molar refractivity (Wildman–Crippen MR) is 109 cm³/mol. The standard InChI is InChI=1S/C20H13N3O4S2/c1-10-6-7-14(29-10)16-15(18(25)19(26)23(16)20-22-21-9-28-20)17(24)13-8-11-4-2-3-5-12(11)27-13/h2-9,16,25H,1H3. The molecule has 0 aliphatic carbocycles. The molecule has 5 rings (SSSR count). The summed E-state index contributed by atoms with van der Waals surface area (Å²) in [4.78, 5) is 29.3. The van der Waals surface area contributed by atoms with Gasteiger partial charge in [0.15, 0.2) is 11.5 Å². The van der Waals surface area contributed by atoms with E-state index in [9.17, 15) is 14.7 Å². The Balaban J connectivity index is 1.66. The summed E-state index contributed by atoms with van der Waals surface area (Å²) in [6.07, 6.45) is 0. The minimum Gasteiger partial charge on any atom is -0.503 e. The number of amides is 1. The SMILES string of the molecule is Cc1ccc(C2C(C(=O)c3cc4ccccc4o3)=C(O)C(=O)N2c2nncs2)s1. The molecule has 1 amide bonds. The van der Waals surface area contributed by atoms with Crippen LogP contribution in [0.3, 0.4) is 0 Å². The van der Waals surface area contributed by atoms with Gasteiger partial charge in [0.2, 0.25) is 10.9 Å². The van der Waals surface area contributed by atoms with E-state index in [1.54, 1.807) is 12.1 Å². The van der Waals surface area contributed by atoms with Gasteiger partial charge < -0.3 is 9.52 Å². The summed E-state index contributed by atoms with van der Waals surface area (Å²) in [5.74, 6) is -1.74. The summed E-state index contributed by atoms with van der Waals surface area (Å²) >= 11 is 2.61. The number of furan rings is 1. The van der Waals surface area contributed by atoms with Crippen molar-refractivity contribution in [2.75, 3.05) is 4.90 Å². The summed E-state index contributed by atoms with van der Waals surface area (Å²) < 4.78 is 5.69. The van der Waals surface area contributed by atoms with Gasteiger partial charge in [0.05, 0.1) is 5.57 Å². The summed E-state index contributed by atoms with van der Waals surface area (Å²) in [6, 6.07) is 11.8. The third-order valence-corrected chi connectivity index (χ3v) is 6.43. The molecule has 1 N–H and O–H groups in total. The molecule has 4 aromatic rings. The number of aromatic nitrogens is 2. The van der Waals surface area contributed by atoms with Crippen molar-refractivity contribution in [1.82, 2.24) is 10.2 Å². The summed E-state index contributed by atoms with van der Waals surface area (Å²) in [5.41, 5.74) is 2.03. The van der Waals surface area contributed by atoms with Gasteiger partial charge in [-0.25, -0.2) is 0 Å². The molecule has 29 heavy (non-hydrogen) atoms. The average Bonchev–Trinajstić information content (AvgIpc) is 3.48. The van der Waals surface area contributed by atoms with Crippen LogP contribution in [0.25, 0.3) is 11.0 Å². The molecule has 0 saturated heterocycles. The highest BCUT2D eigenvalue weighted by molar-refractivity contribution is 7.13. The van der Waals surface area contributed by atoms with E-state index < -0.39 is 23.5 Å². The molecule has 4 heterocycles. The molecule has 0 bridgehead atoms. The second-order valence-corrected chi connectivity index (χ2v) is 8.62. The molecule has 7 nitrogen and oxygen atoms in total. The van der Waals surface area contributed by atoms with E-state index in [4.69, 9.17) is 4.42 Å². The fourth-order valence-electron chi connectivity index (χ4n) is 3.40. The van der Waals surface area contributed by atoms with E-state index in [1.807, 2.05) is 37.3 Å². The summed E-state index contributed by atoms with van der Waals surface area (Å²) in [6.45, 7) is 1.94. The molecule has 144 valence electrons. The van der Waals surface area contributed by atoms with Gasteiger partial charge in [0.1, 0.15) is 17.1 Å². The quantitative estimate of drug-likeness (QED) is 0.488. The van der Waals surface area contributed by atoms with E-state index in [0.717, 1.165) is 26.5 Å². The molecule has 9 heteroatoms. The maximum atomic E-state index is 13.4. The van der Waals surface area contributed by atoms with Crippen LogP contribution in [0, 0.1) is 6.92 Å². The Labute approximate surface area is 172 Å². The van der Waals surface area contributed by atoms with Crippen LogP contribution in [0.15, 0.2) is 63.7 Å². The van der Waals surface area contributed by atoms with Crippen molar-refractivity contribution in [2.45, 2.75) is 13.0 Å². The Bertz CT molecular complexity index is 1250. The second kappa shape index (κ2) is 6.64. The molecule has 0 spiro atoms. The zero-order chi connectivity index (χ0) is 20.1. The third-order valence-electron chi connectivity index (χ3n) is 4.69. The van der Waals surface area contributed by atoms with Gasteiger partial charge in [0.25, 0.3) is 5.91 Å². The number of para-hydroxylation sites is 1. The highest BCUT2D eigenvalue weighted by Gasteiger charge is 2.47. The van der Waals surface area contributed by atoms with E-state index in [2.05, 4.69) is 10.2 Å². The number of thiophene rings is 1. The first-order valence-corrected chi connectivity index (χ1v) is 10.4. The number of aryl methyl sites for hydroxylation is 1. The lowest BCUT2D eigenvalue weighted by Crippen LogP contribution is -2.30. The second-order valence-electron chi connectivity index (χ2n) is 6.49. The van der Waals surface area contributed by atoms with E-state index in [1.165, 1.54) is 21.7 Å². The number of carbonyl (C=O) groups is 2. The Morgan fingerprint density at radius 3 is 2.76 bits per heavy atom.